The average molecular weight is 512 g/mol. The van der Waals surface area contributed by atoms with Crippen molar-refractivity contribution in [3.63, 3.8) is 0 Å². The maximum atomic E-state index is 12.4. The van der Waals surface area contributed by atoms with Crippen molar-refractivity contribution in [2.24, 2.45) is 0 Å². The van der Waals surface area contributed by atoms with E-state index >= 15 is 0 Å². The number of nitrogens with zero attached hydrogens (tertiary/aromatic N) is 1. The fourth-order valence-electron chi connectivity index (χ4n) is 2.75. The molecular weight excluding hydrogens is 495 g/mol. The number of amides is 3. The van der Waals surface area contributed by atoms with Crippen molar-refractivity contribution < 1.29 is 19.1 Å². The van der Waals surface area contributed by atoms with Crippen LogP contribution in [-0.4, -0.2) is 30.5 Å². The van der Waals surface area contributed by atoms with Gasteiger partial charge in [-0.05, 0) is 35.9 Å². The van der Waals surface area contributed by atoms with Gasteiger partial charge in [-0.1, -0.05) is 51.3 Å². The van der Waals surface area contributed by atoms with Crippen LogP contribution in [0.3, 0.4) is 0 Å². The number of imide groups is 1. The summed E-state index contributed by atoms with van der Waals surface area (Å²) in [7, 11) is 1.51. The van der Waals surface area contributed by atoms with E-state index in [4.69, 9.17) is 32.7 Å². The molecule has 1 aliphatic heterocycles. The molecule has 0 saturated carbocycles. The number of rotatable bonds is 7. The molecule has 2 aromatic carbocycles. The van der Waals surface area contributed by atoms with Gasteiger partial charge in [0.25, 0.3) is 5.91 Å². The average Bonchev–Trinajstić information content (AvgIpc) is 2.96. The van der Waals surface area contributed by atoms with Gasteiger partial charge in [0.15, 0.2) is 11.5 Å². The molecule has 3 amide bonds. The highest BCUT2D eigenvalue weighted by Crippen LogP contribution is 2.36. The lowest BCUT2D eigenvalue weighted by atomic mass is 10.1. The molecule has 30 heavy (non-hydrogen) atoms. The van der Waals surface area contributed by atoms with Gasteiger partial charge >= 0.3 is 6.03 Å². The van der Waals surface area contributed by atoms with Crippen molar-refractivity contribution in [3.05, 3.63) is 74.3 Å². The lowest BCUT2D eigenvalue weighted by molar-refractivity contribution is -0.122. The Bertz CT molecular complexity index is 1060. The third kappa shape index (κ3) is 4.80. The molecule has 0 atom stereocenters. The van der Waals surface area contributed by atoms with Crippen LogP contribution in [0.4, 0.5) is 4.79 Å². The molecule has 156 valence electrons. The molecule has 0 aliphatic carbocycles. The van der Waals surface area contributed by atoms with Crippen molar-refractivity contribution in [3.8, 4) is 11.5 Å². The molecule has 9 heteroatoms. The van der Waals surface area contributed by atoms with E-state index in [1.54, 1.807) is 36.4 Å². The van der Waals surface area contributed by atoms with Crippen LogP contribution in [0.2, 0.25) is 10.0 Å². The third-order valence-electron chi connectivity index (χ3n) is 4.26. The Balaban J connectivity index is 1.84. The summed E-state index contributed by atoms with van der Waals surface area (Å²) in [6, 6.07) is 8.09. The van der Waals surface area contributed by atoms with E-state index in [9.17, 15) is 9.59 Å². The molecule has 1 aliphatic rings. The molecule has 1 saturated heterocycles. The second-order valence-corrected chi connectivity index (χ2v) is 7.94. The van der Waals surface area contributed by atoms with Crippen LogP contribution in [0.25, 0.3) is 6.08 Å². The van der Waals surface area contributed by atoms with Crippen molar-refractivity contribution in [2.45, 2.75) is 6.61 Å². The lowest BCUT2D eigenvalue weighted by Crippen LogP contribution is -2.30. The molecular formula is C21H17BrCl2N2O4. The number of hydrogen-bond acceptors (Lipinski definition) is 4. The van der Waals surface area contributed by atoms with Gasteiger partial charge in [-0.25, -0.2) is 4.79 Å². The zero-order valence-corrected chi connectivity index (χ0v) is 19.0. The van der Waals surface area contributed by atoms with E-state index in [-0.39, 0.29) is 18.8 Å². The van der Waals surface area contributed by atoms with Crippen molar-refractivity contribution in [1.82, 2.24) is 10.2 Å². The van der Waals surface area contributed by atoms with Crippen molar-refractivity contribution >= 4 is 57.1 Å². The first-order valence-corrected chi connectivity index (χ1v) is 10.3. The maximum Gasteiger partial charge on any atom is 0.329 e. The standard InChI is InChI=1S/C21H17BrCl2N2O4/c1-3-6-26-20(27)17(25-21(26)28)7-13-8-18(29-2)19(10-15(13)22)30-11-12-4-5-14(23)9-16(12)24/h3-5,7-10H,1,6,11H2,2H3,(H,25,28)/b17-7+. The predicted octanol–water partition coefficient (Wildman–Crippen LogP) is 5.42. The zero-order valence-electron chi connectivity index (χ0n) is 15.9. The van der Waals surface area contributed by atoms with Gasteiger partial charge in [-0.15, -0.1) is 6.58 Å². The van der Waals surface area contributed by atoms with Crippen LogP contribution < -0.4 is 14.8 Å². The van der Waals surface area contributed by atoms with E-state index in [0.29, 0.717) is 31.6 Å². The van der Waals surface area contributed by atoms with Gasteiger partial charge in [-0.3, -0.25) is 9.69 Å². The fourth-order valence-corrected chi connectivity index (χ4v) is 3.65. The molecule has 1 heterocycles. The first-order valence-electron chi connectivity index (χ1n) is 8.73. The van der Waals surface area contributed by atoms with Crippen LogP contribution in [-0.2, 0) is 11.4 Å². The van der Waals surface area contributed by atoms with Crippen molar-refractivity contribution in [1.29, 1.82) is 0 Å². The Kier molecular flexibility index (Phi) is 7.07. The number of methoxy groups -OCH3 is 1. The minimum atomic E-state index is -0.492. The minimum Gasteiger partial charge on any atom is -0.493 e. The number of hydrogen-bond donors (Lipinski definition) is 1. The molecule has 0 spiro atoms. The summed E-state index contributed by atoms with van der Waals surface area (Å²) in [6.45, 7) is 3.90. The van der Waals surface area contributed by atoms with Crippen LogP contribution >= 0.6 is 39.1 Å². The first-order chi connectivity index (χ1) is 14.3. The Labute approximate surface area is 192 Å². The molecule has 0 unspecified atom stereocenters. The topological polar surface area (TPSA) is 67.9 Å². The van der Waals surface area contributed by atoms with E-state index < -0.39 is 11.9 Å². The summed E-state index contributed by atoms with van der Waals surface area (Å²) >= 11 is 15.6. The van der Waals surface area contributed by atoms with Gasteiger partial charge in [0.05, 0.1) is 7.11 Å². The maximum absolute atomic E-state index is 12.4. The fraction of sp³-hybridized carbons (Fsp3) is 0.143. The SMILES string of the molecule is C=CCN1C(=O)N/C(=C/c2cc(OC)c(OCc3ccc(Cl)cc3Cl)cc2Br)C1=O. The van der Waals surface area contributed by atoms with Gasteiger partial charge in [0.1, 0.15) is 12.3 Å². The van der Waals surface area contributed by atoms with E-state index in [2.05, 4.69) is 27.8 Å². The number of ether oxygens (including phenoxy) is 2. The highest BCUT2D eigenvalue weighted by molar-refractivity contribution is 9.10. The largest absolute Gasteiger partial charge is 0.493 e. The number of nitrogens with one attached hydrogen (secondary N) is 1. The Morgan fingerprint density at radius 1 is 1.20 bits per heavy atom. The number of carbonyl (C=O) groups excluding carboxylic acids is 2. The van der Waals surface area contributed by atoms with Crippen molar-refractivity contribution in [2.75, 3.05) is 13.7 Å². The summed E-state index contributed by atoms with van der Waals surface area (Å²) in [5.41, 5.74) is 1.56. The molecule has 1 fully saturated rings. The Morgan fingerprint density at radius 3 is 2.63 bits per heavy atom. The smallest absolute Gasteiger partial charge is 0.329 e. The lowest BCUT2D eigenvalue weighted by Gasteiger charge is -2.14. The first kappa shape index (κ1) is 22.2. The molecule has 0 aromatic heterocycles. The summed E-state index contributed by atoms with van der Waals surface area (Å²) in [5, 5.41) is 3.60. The highest BCUT2D eigenvalue weighted by Gasteiger charge is 2.32. The summed E-state index contributed by atoms with van der Waals surface area (Å²) in [6.07, 6.45) is 3.05. The second-order valence-electron chi connectivity index (χ2n) is 6.24. The quantitative estimate of drug-likeness (QED) is 0.306. The van der Waals surface area contributed by atoms with Gasteiger partial charge in [0, 0.05) is 26.6 Å². The Hall–Kier alpha value is -2.48. The summed E-state index contributed by atoms with van der Waals surface area (Å²) < 4.78 is 11.9. The third-order valence-corrected chi connectivity index (χ3v) is 5.53. The molecule has 0 bridgehead atoms. The highest BCUT2D eigenvalue weighted by atomic mass is 79.9. The number of urea groups is 1. The van der Waals surface area contributed by atoms with Crippen LogP contribution in [0, 0.1) is 0 Å². The molecule has 2 aromatic rings. The van der Waals surface area contributed by atoms with Gasteiger partial charge in [-0.2, -0.15) is 0 Å². The number of benzene rings is 2. The van der Waals surface area contributed by atoms with Crippen LogP contribution in [0.1, 0.15) is 11.1 Å². The predicted molar refractivity (Wildman–Crippen MR) is 120 cm³/mol. The summed E-state index contributed by atoms with van der Waals surface area (Å²) in [4.78, 5) is 25.4. The minimum absolute atomic E-state index is 0.131. The van der Waals surface area contributed by atoms with E-state index in [0.717, 1.165) is 10.5 Å². The normalized spacial score (nSPS) is 14.8. The van der Waals surface area contributed by atoms with Gasteiger partial charge < -0.3 is 14.8 Å². The van der Waals surface area contributed by atoms with E-state index in [1.165, 1.54) is 13.2 Å². The van der Waals surface area contributed by atoms with Crippen LogP contribution in [0.5, 0.6) is 11.5 Å². The number of carbonyl (C=O) groups is 2. The van der Waals surface area contributed by atoms with Crippen LogP contribution in [0.15, 0.2) is 53.2 Å². The second kappa shape index (κ2) is 9.55. The molecule has 1 N–H and O–H groups in total. The van der Waals surface area contributed by atoms with Gasteiger partial charge in [0.2, 0.25) is 0 Å². The molecule has 3 rings (SSSR count). The molecule has 6 nitrogen and oxygen atoms in total. The Morgan fingerprint density at radius 2 is 1.97 bits per heavy atom. The monoisotopic (exact) mass is 510 g/mol. The zero-order chi connectivity index (χ0) is 21.8. The van der Waals surface area contributed by atoms with E-state index in [1.807, 2.05) is 0 Å². The molecule has 0 radical (unpaired) electrons. The number of halogens is 3. The summed E-state index contributed by atoms with van der Waals surface area (Å²) in [5.74, 6) is 0.505.